The Labute approximate surface area is 456 Å². The summed E-state index contributed by atoms with van der Waals surface area (Å²) in [6.45, 7) is 17.2. The van der Waals surface area contributed by atoms with Gasteiger partial charge in [0.2, 0.25) is 5.79 Å². The van der Waals surface area contributed by atoms with Crippen LogP contribution in [-0.2, 0) is 71.1 Å². The highest BCUT2D eigenvalue weighted by Gasteiger charge is 2.70. The third-order valence-electron chi connectivity index (χ3n) is 18.8. The van der Waals surface area contributed by atoms with Crippen molar-refractivity contribution in [3.05, 3.63) is 33.4 Å². The third-order valence-corrected chi connectivity index (χ3v) is 19.6. The van der Waals surface area contributed by atoms with E-state index in [1.165, 1.54) is 26.4 Å². The first-order chi connectivity index (χ1) is 35.4. The number of methoxy groups -OCH3 is 5. The molecule has 0 aromatic heterocycles. The predicted molar refractivity (Wildman–Crippen MR) is 276 cm³/mol. The molecule has 19 nitrogen and oxygen atoms in total. The van der Waals surface area contributed by atoms with Gasteiger partial charge in [-0.15, -0.1) is 0 Å². The monoisotopic (exact) mass is 1180 g/mol. The van der Waals surface area contributed by atoms with E-state index in [9.17, 15) is 24.9 Å². The first-order valence-corrected chi connectivity index (χ1v) is 28.1. The fourth-order valence-electron chi connectivity index (χ4n) is 14.2. The first-order valence-electron chi connectivity index (χ1n) is 27.0. The van der Waals surface area contributed by atoms with Gasteiger partial charge in [-0.25, -0.2) is 9.59 Å². The molecule has 0 bridgehead atoms. The second kappa shape index (κ2) is 23.0. The van der Waals surface area contributed by atoms with Crippen LogP contribution in [0.4, 0.5) is 0 Å². The van der Waals surface area contributed by atoms with E-state index in [0.717, 1.165) is 22.8 Å². The number of carbonyl (C=O) groups excluding carboxylic acids is 1. The fraction of sp³-hybridized carbons (Fsp3) is 0.855. The molecule has 0 aliphatic carbocycles. The number of halogens is 1. The standard InChI is InChI=1S/C55H85IO19/c1-27-44(70-43-24-22-36(62-10)32(6)67-43)29(3)53(9,60)74-45(27)39-20-19-37(68-39)38-21-23-41(69-38)52(8)47(65-13)31(5)55(75-52)28(2)40(63-11)25-35(72-55)26-42-51(7,66-14)46(64-12)30(4)54(61,73-42)48(49(57)58)71-50(59)33-15-17-34(56)18-16-33/h15-18,27-32,35-48,60-61H,19-26H2,1-14H3,(H,57,58). The van der Waals surface area contributed by atoms with Gasteiger partial charge in [0.05, 0.1) is 84.9 Å². The SMILES string of the molecule is COC1CCC(OC2C(C)C(C3CCC(C4CCC(C5(C)OC6(OC(CC7OC(O)(C(OC(=O)c8ccc(I)cc8)C(=O)O)C(C)C(OC)C7(C)OC)CC(OC)C6C)C(C)C5OC)O4)O3)OC(C)(O)C2C)OC1C. The summed E-state index contributed by atoms with van der Waals surface area (Å²) in [5.74, 6) is -10.1. The van der Waals surface area contributed by atoms with Crippen molar-refractivity contribution >= 4 is 34.5 Å². The third kappa shape index (κ3) is 10.9. The summed E-state index contributed by atoms with van der Waals surface area (Å²) in [5.41, 5.74) is -2.17. The van der Waals surface area contributed by atoms with Crippen molar-refractivity contribution in [1.29, 1.82) is 0 Å². The Morgan fingerprint density at radius 1 is 0.720 bits per heavy atom. The largest absolute Gasteiger partial charge is 0.478 e. The second-order valence-electron chi connectivity index (χ2n) is 23.1. The van der Waals surface area contributed by atoms with Crippen LogP contribution in [0.2, 0.25) is 0 Å². The first kappa shape index (κ1) is 59.4. The maximum Gasteiger partial charge on any atom is 0.350 e. The van der Waals surface area contributed by atoms with Crippen molar-refractivity contribution in [3.8, 4) is 0 Å². The topological polar surface area (TPSA) is 224 Å². The Morgan fingerprint density at radius 3 is 1.97 bits per heavy atom. The van der Waals surface area contributed by atoms with E-state index in [0.29, 0.717) is 25.7 Å². The van der Waals surface area contributed by atoms with Crippen LogP contribution in [0, 0.1) is 33.2 Å². The van der Waals surface area contributed by atoms with Gasteiger partial charge in [0.1, 0.15) is 11.2 Å². The molecule has 7 heterocycles. The molecule has 0 radical (unpaired) electrons. The van der Waals surface area contributed by atoms with E-state index in [1.54, 1.807) is 54.2 Å². The van der Waals surface area contributed by atoms with Gasteiger partial charge in [-0.05, 0) is 107 Å². The molecule has 7 aliphatic rings. The predicted octanol–water partition coefficient (Wildman–Crippen LogP) is 6.41. The molecule has 75 heavy (non-hydrogen) atoms. The van der Waals surface area contributed by atoms with Crippen molar-refractivity contribution in [2.24, 2.45) is 29.6 Å². The van der Waals surface area contributed by atoms with E-state index in [1.807, 2.05) is 27.7 Å². The molecule has 25 atom stereocenters. The summed E-state index contributed by atoms with van der Waals surface area (Å²) >= 11 is 2.10. The van der Waals surface area contributed by atoms with Crippen LogP contribution in [0.25, 0.3) is 0 Å². The summed E-state index contributed by atoms with van der Waals surface area (Å²) in [6, 6.07) is 6.42. The number of aliphatic hydroxyl groups is 2. The van der Waals surface area contributed by atoms with Crippen molar-refractivity contribution in [1.82, 2.24) is 0 Å². The minimum atomic E-state index is -2.58. The molecular weight excluding hydrogens is 1090 g/mol. The lowest BCUT2D eigenvalue weighted by Crippen LogP contribution is -2.72. The lowest BCUT2D eigenvalue weighted by Gasteiger charge is -2.56. The van der Waals surface area contributed by atoms with Gasteiger partial charge >= 0.3 is 11.9 Å². The van der Waals surface area contributed by atoms with Gasteiger partial charge in [0.15, 0.2) is 17.9 Å². The molecule has 7 saturated heterocycles. The number of benzene rings is 1. The zero-order chi connectivity index (χ0) is 54.7. The Bertz CT molecular complexity index is 2120. The zero-order valence-electron chi connectivity index (χ0n) is 46.3. The van der Waals surface area contributed by atoms with Crippen molar-refractivity contribution in [2.75, 3.05) is 35.5 Å². The van der Waals surface area contributed by atoms with Crippen LogP contribution in [0.5, 0.6) is 0 Å². The minimum absolute atomic E-state index is 0.00898. The van der Waals surface area contributed by atoms with Gasteiger partial charge in [0.25, 0.3) is 6.10 Å². The summed E-state index contributed by atoms with van der Waals surface area (Å²) < 4.78 is 91.4. The van der Waals surface area contributed by atoms with Crippen molar-refractivity contribution in [2.45, 2.75) is 234 Å². The lowest BCUT2D eigenvalue weighted by atomic mass is 9.73. The maximum atomic E-state index is 13.4. The van der Waals surface area contributed by atoms with Gasteiger partial charge in [0, 0.05) is 88.0 Å². The van der Waals surface area contributed by atoms with E-state index in [4.69, 9.17) is 66.3 Å². The van der Waals surface area contributed by atoms with Gasteiger partial charge in [-0.2, -0.15) is 0 Å². The van der Waals surface area contributed by atoms with Gasteiger partial charge in [-0.3, -0.25) is 0 Å². The zero-order valence-corrected chi connectivity index (χ0v) is 48.4. The normalized spacial score (nSPS) is 48.7. The molecule has 0 amide bonds. The number of carbonyl (C=O) groups is 2. The summed E-state index contributed by atoms with van der Waals surface area (Å²) in [5, 5.41) is 34.8. The smallest absolute Gasteiger partial charge is 0.350 e. The Balaban J connectivity index is 0.980. The molecule has 3 N–H and O–H groups in total. The number of aliphatic carboxylic acids is 1. The molecule has 1 spiro atoms. The van der Waals surface area contributed by atoms with Crippen LogP contribution < -0.4 is 0 Å². The van der Waals surface area contributed by atoms with E-state index in [-0.39, 0.29) is 78.4 Å². The number of rotatable bonds is 16. The lowest BCUT2D eigenvalue weighted by molar-refractivity contribution is -0.389. The maximum absolute atomic E-state index is 13.4. The number of carboxylic acid groups (broad SMARTS) is 1. The minimum Gasteiger partial charge on any atom is -0.478 e. The number of esters is 1. The number of carboxylic acids is 1. The number of hydrogen-bond donors (Lipinski definition) is 3. The summed E-state index contributed by atoms with van der Waals surface area (Å²) in [6.07, 6.45) is -3.44. The molecule has 1 aromatic carbocycles. The number of hydrogen-bond acceptors (Lipinski definition) is 18. The molecule has 20 heteroatoms. The highest BCUT2D eigenvalue weighted by molar-refractivity contribution is 14.1. The molecular formula is C55H85IO19. The average molecular weight is 1180 g/mol. The van der Waals surface area contributed by atoms with Crippen molar-refractivity contribution in [3.63, 3.8) is 0 Å². The number of ether oxygens (including phenoxy) is 14. The molecule has 426 valence electrons. The molecule has 0 saturated carbocycles. The fourth-order valence-corrected chi connectivity index (χ4v) is 14.6. The second-order valence-corrected chi connectivity index (χ2v) is 24.3. The molecule has 7 fully saturated rings. The molecule has 7 aliphatic heterocycles. The summed E-state index contributed by atoms with van der Waals surface area (Å²) in [7, 11) is 7.97. The summed E-state index contributed by atoms with van der Waals surface area (Å²) in [4.78, 5) is 26.5. The molecule has 8 rings (SSSR count). The highest BCUT2D eigenvalue weighted by Crippen LogP contribution is 2.57. The quantitative estimate of drug-likeness (QED) is 0.120. The Kier molecular flexibility index (Phi) is 18.2. The van der Waals surface area contributed by atoms with E-state index < -0.39 is 95.4 Å². The van der Waals surface area contributed by atoms with Crippen LogP contribution in [0.1, 0.15) is 124 Å². The Hall–Kier alpha value is -1.71. The van der Waals surface area contributed by atoms with Crippen LogP contribution in [-0.4, -0.2) is 183 Å². The van der Waals surface area contributed by atoms with Crippen LogP contribution in [0.15, 0.2) is 24.3 Å². The van der Waals surface area contributed by atoms with Crippen LogP contribution in [0.3, 0.4) is 0 Å². The van der Waals surface area contributed by atoms with Crippen LogP contribution >= 0.6 is 22.6 Å². The van der Waals surface area contributed by atoms with Gasteiger partial charge < -0.3 is 81.6 Å². The molecule has 1 aromatic rings. The van der Waals surface area contributed by atoms with E-state index >= 15 is 0 Å². The average Bonchev–Trinajstić information content (AvgIpc) is 4.12. The highest BCUT2D eigenvalue weighted by atomic mass is 127. The molecule has 25 unspecified atom stereocenters. The van der Waals surface area contributed by atoms with Gasteiger partial charge in [-0.1, -0.05) is 34.6 Å². The van der Waals surface area contributed by atoms with Crippen molar-refractivity contribution < 1.29 is 91.2 Å². The Morgan fingerprint density at radius 2 is 1.36 bits per heavy atom. The van der Waals surface area contributed by atoms with E-state index in [2.05, 4.69) is 36.4 Å².